The Bertz CT molecular complexity index is 958. The van der Waals surface area contributed by atoms with Crippen LogP contribution in [0.4, 0.5) is 10.5 Å². The minimum atomic E-state index is -1.06. The number of imide groups is 1. The molecule has 1 spiro atoms. The summed E-state index contributed by atoms with van der Waals surface area (Å²) in [6.45, 7) is 1.96. The van der Waals surface area contributed by atoms with Gasteiger partial charge >= 0.3 is 6.03 Å². The van der Waals surface area contributed by atoms with Crippen molar-refractivity contribution in [1.29, 1.82) is 0 Å². The van der Waals surface area contributed by atoms with Crippen molar-refractivity contribution in [3.05, 3.63) is 59.7 Å². The molecule has 2 N–H and O–H groups in total. The van der Waals surface area contributed by atoms with Gasteiger partial charge in [0.1, 0.15) is 17.8 Å². The number of carbonyl (C=O) groups is 3. The van der Waals surface area contributed by atoms with Crippen molar-refractivity contribution in [2.75, 3.05) is 18.5 Å². The minimum Gasteiger partial charge on any atom is -0.492 e. The first-order valence-corrected chi connectivity index (χ1v) is 9.29. The minimum absolute atomic E-state index is 0.352. The van der Waals surface area contributed by atoms with Gasteiger partial charge in [0, 0.05) is 0 Å². The summed E-state index contributed by atoms with van der Waals surface area (Å²) in [5, 5.41) is 5.54. The molecule has 0 bridgehead atoms. The fourth-order valence-corrected chi connectivity index (χ4v) is 3.92. The van der Waals surface area contributed by atoms with Crippen molar-refractivity contribution in [2.45, 2.75) is 25.3 Å². The third-order valence-corrected chi connectivity index (χ3v) is 5.18. The number of ether oxygens (including phenoxy) is 1. The first-order chi connectivity index (χ1) is 13.5. The van der Waals surface area contributed by atoms with Gasteiger partial charge in [0.05, 0.1) is 12.3 Å². The molecule has 2 aromatic carbocycles. The van der Waals surface area contributed by atoms with Gasteiger partial charge in [0.25, 0.3) is 5.91 Å². The molecule has 0 radical (unpaired) electrons. The lowest BCUT2D eigenvalue weighted by Crippen LogP contribution is -2.43. The van der Waals surface area contributed by atoms with Crippen molar-refractivity contribution in [3.8, 4) is 5.75 Å². The Morgan fingerprint density at radius 1 is 1.18 bits per heavy atom. The number of benzene rings is 2. The summed E-state index contributed by atoms with van der Waals surface area (Å²) in [6, 6.07) is 14.1. The average Bonchev–Trinajstić information content (AvgIpc) is 3.17. The van der Waals surface area contributed by atoms with E-state index in [1.165, 1.54) is 0 Å². The van der Waals surface area contributed by atoms with Crippen LogP contribution >= 0.6 is 0 Å². The number of aryl methyl sites for hydroxylation is 1. The molecule has 0 saturated carbocycles. The second kappa shape index (κ2) is 6.99. The predicted octanol–water partition coefficient (Wildman–Crippen LogP) is 2.42. The standard InChI is InChI=1S/C21H21N3O4/c1-2-28-17-10-6-5-9-16(17)22-18(25)13-24-19(26)21(23-20(24)27)12-11-14-7-3-4-8-15(14)21/h3-10H,2,11-13H2,1H3,(H,22,25)(H,23,27)/t21-/m0/s1. The lowest BCUT2D eigenvalue weighted by molar-refractivity contribution is -0.134. The van der Waals surface area contributed by atoms with Gasteiger partial charge in [0.2, 0.25) is 5.91 Å². The lowest BCUT2D eigenvalue weighted by atomic mass is 9.92. The van der Waals surface area contributed by atoms with Gasteiger partial charge < -0.3 is 15.4 Å². The molecule has 1 fully saturated rings. The number of para-hydroxylation sites is 2. The number of amides is 4. The highest BCUT2D eigenvalue weighted by Gasteiger charge is 2.55. The largest absolute Gasteiger partial charge is 0.492 e. The van der Waals surface area contributed by atoms with Gasteiger partial charge in [-0.1, -0.05) is 36.4 Å². The number of urea groups is 1. The first kappa shape index (κ1) is 18.0. The van der Waals surface area contributed by atoms with E-state index in [-0.39, 0.29) is 12.5 Å². The van der Waals surface area contributed by atoms with E-state index >= 15 is 0 Å². The van der Waals surface area contributed by atoms with Crippen LogP contribution in [-0.4, -0.2) is 35.9 Å². The lowest BCUT2D eigenvalue weighted by Gasteiger charge is -2.22. The summed E-state index contributed by atoms with van der Waals surface area (Å²) in [5.41, 5.74) is 1.31. The molecule has 1 atom stereocenters. The third-order valence-electron chi connectivity index (χ3n) is 5.18. The molecule has 1 aliphatic heterocycles. The molecule has 144 valence electrons. The van der Waals surface area contributed by atoms with Gasteiger partial charge in [-0.3, -0.25) is 14.5 Å². The predicted molar refractivity (Wildman–Crippen MR) is 103 cm³/mol. The Balaban J connectivity index is 1.51. The maximum absolute atomic E-state index is 13.1. The van der Waals surface area contributed by atoms with E-state index in [4.69, 9.17) is 4.74 Å². The monoisotopic (exact) mass is 379 g/mol. The van der Waals surface area contributed by atoms with Crippen LogP contribution in [0.1, 0.15) is 24.5 Å². The zero-order valence-electron chi connectivity index (χ0n) is 15.5. The molecular weight excluding hydrogens is 358 g/mol. The summed E-state index contributed by atoms with van der Waals surface area (Å²) in [7, 11) is 0. The molecule has 1 heterocycles. The van der Waals surface area contributed by atoms with Gasteiger partial charge in [0.15, 0.2) is 0 Å². The number of carbonyl (C=O) groups excluding carboxylic acids is 3. The summed E-state index contributed by atoms with van der Waals surface area (Å²) in [4.78, 5) is 39.1. The highest BCUT2D eigenvalue weighted by Crippen LogP contribution is 2.41. The zero-order chi connectivity index (χ0) is 19.7. The molecule has 4 rings (SSSR count). The van der Waals surface area contributed by atoms with Crippen LogP contribution in [0.5, 0.6) is 5.75 Å². The van der Waals surface area contributed by atoms with Gasteiger partial charge in [-0.05, 0) is 43.0 Å². The van der Waals surface area contributed by atoms with Gasteiger partial charge in [-0.25, -0.2) is 4.79 Å². The Morgan fingerprint density at radius 3 is 2.75 bits per heavy atom. The number of fused-ring (bicyclic) bond motifs is 2. The molecule has 2 aromatic rings. The van der Waals surface area contributed by atoms with Crippen LogP contribution in [0, 0.1) is 0 Å². The van der Waals surface area contributed by atoms with Crippen LogP contribution in [0.25, 0.3) is 0 Å². The summed E-state index contributed by atoms with van der Waals surface area (Å²) in [5.74, 6) is -0.300. The molecule has 1 saturated heterocycles. The van der Waals surface area contributed by atoms with Gasteiger partial charge in [-0.2, -0.15) is 0 Å². The number of hydrogen-bond acceptors (Lipinski definition) is 4. The highest BCUT2D eigenvalue weighted by atomic mass is 16.5. The van der Waals surface area contributed by atoms with E-state index in [0.717, 1.165) is 16.0 Å². The van der Waals surface area contributed by atoms with E-state index < -0.39 is 17.5 Å². The second-order valence-corrected chi connectivity index (χ2v) is 6.86. The number of hydrogen-bond donors (Lipinski definition) is 2. The molecule has 2 aliphatic rings. The number of nitrogens with one attached hydrogen (secondary N) is 2. The van der Waals surface area contributed by atoms with Crippen molar-refractivity contribution >= 4 is 23.5 Å². The van der Waals surface area contributed by atoms with E-state index in [1.807, 2.05) is 31.2 Å². The summed E-state index contributed by atoms with van der Waals surface area (Å²) >= 11 is 0. The first-order valence-electron chi connectivity index (χ1n) is 9.29. The molecular formula is C21H21N3O4. The molecule has 1 aliphatic carbocycles. The Labute approximate surface area is 162 Å². The summed E-state index contributed by atoms with van der Waals surface area (Å²) in [6.07, 6.45) is 1.21. The third kappa shape index (κ3) is 2.89. The second-order valence-electron chi connectivity index (χ2n) is 6.86. The smallest absolute Gasteiger partial charge is 0.325 e. The maximum Gasteiger partial charge on any atom is 0.325 e. The molecule has 0 aromatic heterocycles. The van der Waals surface area contributed by atoms with Crippen LogP contribution in [0.3, 0.4) is 0 Å². The maximum atomic E-state index is 13.1. The van der Waals surface area contributed by atoms with Gasteiger partial charge in [-0.15, -0.1) is 0 Å². The van der Waals surface area contributed by atoms with Crippen LogP contribution in [0.2, 0.25) is 0 Å². The zero-order valence-corrected chi connectivity index (χ0v) is 15.5. The van der Waals surface area contributed by atoms with E-state index in [0.29, 0.717) is 30.9 Å². The quantitative estimate of drug-likeness (QED) is 0.781. The van der Waals surface area contributed by atoms with E-state index in [2.05, 4.69) is 10.6 Å². The molecule has 7 nitrogen and oxygen atoms in total. The van der Waals surface area contributed by atoms with Crippen molar-refractivity contribution in [2.24, 2.45) is 0 Å². The topological polar surface area (TPSA) is 87.7 Å². The van der Waals surface area contributed by atoms with Crippen molar-refractivity contribution < 1.29 is 19.1 Å². The molecule has 7 heteroatoms. The van der Waals surface area contributed by atoms with E-state index in [1.54, 1.807) is 24.3 Å². The van der Waals surface area contributed by atoms with Crippen LogP contribution < -0.4 is 15.4 Å². The van der Waals surface area contributed by atoms with Crippen molar-refractivity contribution in [3.63, 3.8) is 0 Å². The Hall–Kier alpha value is -3.35. The average molecular weight is 379 g/mol. The molecule has 28 heavy (non-hydrogen) atoms. The molecule has 0 unspecified atom stereocenters. The SMILES string of the molecule is CCOc1ccccc1NC(=O)CN1C(=O)N[C@]2(CCc3ccccc32)C1=O. The van der Waals surface area contributed by atoms with Crippen LogP contribution in [-0.2, 0) is 21.5 Å². The van der Waals surface area contributed by atoms with Crippen LogP contribution in [0.15, 0.2) is 48.5 Å². The Kier molecular flexibility index (Phi) is 4.50. The highest BCUT2D eigenvalue weighted by molar-refractivity contribution is 6.11. The molecule has 4 amide bonds. The Morgan fingerprint density at radius 2 is 1.93 bits per heavy atom. The number of nitrogens with zero attached hydrogens (tertiary/aromatic N) is 1. The van der Waals surface area contributed by atoms with Crippen molar-refractivity contribution in [1.82, 2.24) is 10.2 Å². The fraction of sp³-hybridized carbons (Fsp3) is 0.286. The summed E-state index contributed by atoms with van der Waals surface area (Å²) < 4.78 is 5.49. The van der Waals surface area contributed by atoms with E-state index in [9.17, 15) is 14.4 Å². The number of rotatable bonds is 5. The fourth-order valence-electron chi connectivity index (χ4n) is 3.92. The normalized spacial score (nSPS) is 20.2. The number of anilines is 1.